The van der Waals surface area contributed by atoms with Crippen LogP contribution in [0.25, 0.3) is 0 Å². The molecule has 1 N–H and O–H groups in total. The van der Waals surface area contributed by atoms with E-state index in [9.17, 15) is 0 Å². The molecular formula is C15H32N2O. The standard InChI is InChI=1S/C15H32N2O/c1-6-10-18-14-8-7-9-17(11-14)12-15(3,4)13(2)16-5/h13-14,16H,6-12H2,1-5H3. The molecule has 0 bridgehead atoms. The number of ether oxygens (including phenoxy) is 1. The summed E-state index contributed by atoms with van der Waals surface area (Å²) < 4.78 is 5.91. The number of rotatable bonds is 7. The van der Waals surface area contributed by atoms with Crippen molar-refractivity contribution in [3.63, 3.8) is 0 Å². The van der Waals surface area contributed by atoms with E-state index in [-0.39, 0.29) is 0 Å². The van der Waals surface area contributed by atoms with E-state index in [0.717, 1.165) is 26.1 Å². The maximum Gasteiger partial charge on any atom is 0.0702 e. The van der Waals surface area contributed by atoms with Gasteiger partial charge in [-0.3, -0.25) is 0 Å². The maximum absolute atomic E-state index is 5.91. The SMILES string of the molecule is CCCOC1CCCN(CC(C)(C)C(C)NC)C1. The summed E-state index contributed by atoms with van der Waals surface area (Å²) in [5, 5.41) is 3.38. The molecule has 2 unspecified atom stereocenters. The molecule has 1 aliphatic heterocycles. The molecule has 0 spiro atoms. The first kappa shape index (κ1) is 15.9. The number of likely N-dealkylation sites (tertiary alicyclic amines) is 1. The quantitative estimate of drug-likeness (QED) is 0.757. The molecule has 0 saturated carbocycles. The fourth-order valence-corrected chi connectivity index (χ4v) is 2.68. The molecule has 3 nitrogen and oxygen atoms in total. The highest BCUT2D eigenvalue weighted by molar-refractivity contribution is 4.85. The van der Waals surface area contributed by atoms with Crippen LogP contribution in [0.3, 0.4) is 0 Å². The summed E-state index contributed by atoms with van der Waals surface area (Å²) in [6.45, 7) is 13.6. The minimum atomic E-state index is 0.307. The summed E-state index contributed by atoms with van der Waals surface area (Å²) in [7, 11) is 2.05. The Morgan fingerprint density at radius 3 is 2.78 bits per heavy atom. The minimum absolute atomic E-state index is 0.307. The van der Waals surface area contributed by atoms with Crippen molar-refractivity contribution in [2.45, 2.75) is 59.1 Å². The van der Waals surface area contributed by atoms with Gasteiger partial charge in [-0.1, -0.05) is 20.8 Å². The van der Waals surface area contributed by atoms with E-state index >= 15 is 0 Å². The molecule has 0 aromatic rings. The Balaban J connectivity index is 2.41. The normalized spacial score (nSPS) is 24.2. The van der Waals surface area contributed by atoms with Crippen molar-refractivity contribution in [2.24, 2.45) is 5.41 Å². The third-order valence-electron chi connectivity index (χ3n) is 4.26. The van der Waals surface area contributed by atoms with Crippen molar-refractivity contribution < 1.29 is 4.74 Å². The number of hydrogen-bond donors (Lipinski definition) is 1. The van der Waals surface area contributed by atoms with Crippen molar-refractivity contribution in [3.8, 4) is 0 Å². The maximum atomic E-state index is 5.91. The van der Waals surface area contributed by atoms with Gasteiger partial charge in [0.25, 0.3) is 0 Å². The summed E-state index contributed by atoms with van der Waals surface area (Å²) in [5.74, 6) is 0. The number of piperidine rings is 1. The van der Waals surface area contributed by atoms with Crippen molar-refractivity contribution >= 4 is 0 Å². The van der Waals surface area contributed by atoms with Crippen LogP contribution in [-0.2, 0) is 4.74 Å². The van der Waals surface area contributed by atoms with Crippen LogP contribution in [0, 0.1) is 5.41 Å². The van der Waals surface area contributed by atoms with E-state index in [1.165, 1.54) is 19.4 Å². The van der Waals surface area contributed by atoms with Gasteiger partial charge in [0.1, 0.15) is 0 Å². The van der Waals surface area contributed by atoms with Gasteiger partial charge in [0.05, 0.1) is 6.10 Å². The molecule has 0 amide bonds. The zero-order valence-electron chi connectivity index (χ0n) is 13.0. The van der Waals surface area contributed by atoms with Gasteiger partial charge in [-0.2, -0.15) is 0 Å². The van der Waals surface area contributed by atoms with Crippen LogP contribution in [0.4, 0.5) is 0 Å². The molecule has 0 aliphatic carbocycles. The lowest BCUT2D eigenvalue weighted by Crippen LogP contribution is -2.49. The second-order valence-electron chi connectivity index (χ2n) is 6.37. The van der Waals surface area contributed by atoms with Gasteiger partial charge in [0.15, 0.2) is 0 Å². The van der Waals surface area contributed by atoms with Gasteiger partial charge in [-0.05, 0) is 45.2 Å². The van der Waals surface area contributed by atoms with Crippen LogP contribution in [-0.4, -0.2) is 50.3 Å². The Kier molecular flexibility index (Phi) is 6.61. The zero-order chi connectivity index (χ0) is 13.6. The van der Waals surface area contributed by atoms with Gasteiger partial charge in [-0.15, -0.1) is 0 Å². The predicted molar refractivity (Wildman–Crippen MR) is 78.0 cm³/mol. The van der Waals surface area contributed by atoms with Crippen molar-refractivity contribution in [3.05, 3.63) is 0 Å². The Hall–Kier alpha value is -0.120. The molecule has 1 fully saturated rings. The summed E-state index contributed by atoms with van der Waals surface area (Å²) in [5.41, 5.74) is 0.307. The monoisotopic (exact) mass is 256 g/mol. The summed E-state index contributed by atoms with van der Waals surface area (Å²) in [6.07, 6.45) is 4.09. The van der Waals surface area contributed by atoms with Crippen molar-refractivity contribution in [1.82, 2.24) is 10.2 Å². The lowest BCUT2D eigenvalue weighted by molar-refractivity contribution is -0.0114. The van der Waals surface area contributed by atoms with Crippen LogP contribution in [0.2, 0.25) is 0 Å². The molecule has 1 saturated heterocycles. The topological polar surface area (TPSA) is 24.5 Å². The van der Waals surface area contributed by atoms with Gasteiger partial charge >= 0.3 is 0 Å². The Morgan fingerprint density at radius 1 is 1.44 bits per heavy atom. The molecule has 1 aliphatic rings. The van der Waals surface area contributed by atoms with E-state index in [4.69, 9.17) is 4.74 Å². The molecule has 3 heteroatoms. The molecule has 0 radical (unpaired) electrons. The lowest BCUT2D eigenvalue weighted by atomic mass is 9.84. The van der Waals surface area contributed by atoms with Crippen LogP contribution in [0.1, 0.15) is 47.0 Å². The first-order valence-electron chi connectivity index (χ1n) is 7.50. The van der Waals surface area contributed by atoms with Gasteiger partial charge in [0.2, 0.25) is 0 Å². The largest absolute Gasteiger partial charge is 0.377 e. The molecular weight excluding hydrogens is 224 g/mol. The Labute approximate surface area is 113 Å². The predicted octanol–water partition coefficient (Wildman–Crippen LogP) is 2.51. The van der Waals surface area contributed by atoms with E-state index in [0.29, 0.717) is 17.6 Å². The molecule has 0 aromatic heterocycles. The minimum Gasteiger partial charge on any atom is -0.377 e. The van der Waals surface area contributed by atoms with Gasteiger partial charge < -0.3 is 15.0 Å². The van der Waals surface area contributed by atoms with E-state index < -0.39 is 0 Å². The van der Waals surface area contributed by atoms with Crippen LogP contribution < -0.4 is 5.32 Å². The first-order chi connectivity index (χ1) is 8.49. The second-order valence-corrected chi connectivity index (χ2v) is 6.37. The zero-order valence-corrected chi connectivity index (χ0v) is 13.0. The third-order valence-corrected chi connectivity index (χ3v) is 4.26. The third kappa shape index (κ3) is 4.87. The van der Waals surface area contributed by atoms with E-state index in [1.807, 2.05) is 0 Å². The second kappa shape index (κ2) is 7.46. The molecule has 1 heterocycles. The molecule has 18 heavy (non-hydrogen) atoms. The highest BCUT2D eigenvalue weighted by Crippen LogP contribution is 2.24. The molecule has 2 atom stereocenters. The average molecular weight is 256 g/mol. The fraction of sp³-hybridized carbons (Fsp3) is 1.00. The van der Waals surface area contributed by atoms with Crippen LogP contribution in [0.5, 0.6) is 0 Å². The van der Waals surface area contributed by atoms with Gasteiger partial charge in [0, 0.05) is 25.7 Å². The summed E-state index contributed by atoms with van der Waals surface area (Å²) in [4.78, 5) is 2.58. The highest BCUT2D eigenvalue weighted by atomic mass is 16.5. The van der Waals surface area contributed by atoms with Crippen molar-refractivity contribution in [2.75, 3.05) is 33.3 Å². The van der Waals surface area contributed by atoms with Crippen LogP contribution in [0.15, 0.2) is 0 Å². The van der Waals surface area contributed by atoms with Gasteiger partial charge in [-0.25, -0.2) is 0 Å². The van der Waals surface area contributed by atoms with Crippen molar-refractivity contribution in [1.29, 1.82) is 0 Å². The average Bonchev–Trinajstić information content (AvgIpc) is 2.35. The van der Waals surface area contributed by atoms with E-state index in [1.54, 1.807) is 0 Å². The smallest absolute Gasteiger partial charge is 0.0702 e. The number of hydrogen-bond acceptors (Lipinski definition) is 3. The summed E-state index contributed by atoms with van der Waals surface area (Å²) in [6, 6.07) is 0.537. The number of nitrogens with zero attached hydrogens (tertiary/aromatic N) is 1. The molecule has 0 aromatic carbocycles. The van der Waals surface area contributed by atoms with Crippen LogP contribution >= 0.6 is 0 Å². The Morgan fingerprint density at radius 2 is 2.17 bits per heavy atom. The molecule has 1 rings (SSSR count). The molecule has 108 valence electrons. The van der Waals surface area contributed by atoms with E-state index in [2.05, 4.69) is 45.0 Å². The highest BCUT2D eigenvalue weighted by Gasteiger charge is 2.30. The summed E-state index contributed by atoms with van der Waals surface area (Å²) >= 11 is 0. The first-order valence-corrected chi connectivity index (χ1v) is 7.50. The fourth-order valence-electron chi connectivity index (χ4n) is 2.68. The lowest BCUT2D eigenvalue weighted by Gasteiger charge is -2.40. The Bertz CT molecular complexity index is 231. The number of nitrogens with one attached hydrogen (secondary N) is 1.